The van der Waals surface area contributed by atoms with Crippen LogP contribution in [0.3, 0.4) is 0 Å². The second kappa shape index (κ2) is 5.13. The summed E-state index contributed by atoms with van der Waals surface area (Å²) < 4.78 is 0. The molecule has 0 aliphatic carbocycles. The van der Waals surface area contributed by atoms with Gasteiger partial charge in [-0.3, -0.25) is 4.79 Å². The third-order valence-electron chi connectivity index (χ3n) is 3.38. The van der Waals surface area contributed by atoms with Crippen molar-refractivity contribution >= 4 is 5.91 Å². The van der Waals surface area contributed by atoms with Crippen molar-refractivity contribution in [2.75, 3.05) is 0 Å². The molecule has 1 rings (SSSR count). The molecule has 0 spiro atoms. The Kier molecular flexibility index (Phi) is 4.20. The molecule has 0 fully saturated rings. The van der Waals surface area contributed by atoms with Crippen LogP contribution in [0.25, 0.3) is 0 Å². The molecule has 0 aliphatic heterocycles. The van der Waals surface area contributed by atoms with Gasteiger partial charge in [-0.15, -0.1) is 0 Å². The van der Waals surface area contributed by atoms with Gasteiger partial charge in [0.05, 0.1) is 6.04 Å². The van der Waals surface area contributed by atoms with Gasteiger partial charge in [0.2, 0.25) is 5.91 Å². The Morgan fingerprint density at radius 1 is 1.06 bits per heavy atom. The number of hydrogen-bond donors (Lipinski definition) is 1. The lowest BCUT2D eigenvalue weighted by Crippen LogP contribution is -2.36. The molecule has 1 amide bonds. The smallest absolute Gasteiger partial charge is 0.225 e. The number of hydrogen-bond acceptors (Lipinski definition) is 1. The first-order chi connectivity index (χ1) is 8.12. The molecule has 18 heavy (non-hydrogen) atoms. The average molecular weight is 247 g/mol. The van der Waals surface area contributed by atoms with Gasteiger partial charge in [-0.25, -0.2) is 0 Å². The quantitative estimate of drug-likeness (QED) is 0.845. The highest BCUT2D eigenvalue weighted by Crippen LogP contribution is 2.23. The van der Waals surface area contributed by atoms with Crippen LogP contribution in [0.2, 0.25) is 0 Å². The summed E-state index contributed by atoms with van der Waals surface area (Å²) in [6.07, 6.45) is 0. The van der Waals surface area contributed by atoms with Gasteiger partial charge in [0.15, 0.2) is 0 Å². The molecule has 2 nitrogen and oxygen atoms in total. The molecule has 1 aromatic carbocycles. The van der Waals surface area contributed by atoms with E-state index in [-0.39, 0.29) is 17.4 Å². The van der Waals surface area contributed by atoms with Crippen LogP contribution in [0.4, 0.5) is 0 Å². The van der Waals surface area contributed by atoms with Crippen molar-refractivity contribution in [2.24, 2.45) is 5.41 Å². The van der Waals surface area contributed by atoms with Crippen LogP contribution in [-0.2, 0) is 4.79 Å². The number of amides is 1. The Bertz CT molecular complexity index is 455. The number of carbonyl (C=O) groups excluding carboxylic acids is 1. The molecular formula is C16H25NO. The molecule has 2 heteroatoms. The molecule has 1 N–H and O–H groups in total. The monoisotopic (exact) mass is 247 g/mol. The summed E-state index contributed by atoms with van der Waals surface area (Å²) in [4.78, 5) is 12.0. The minimum Gasteiger partial charge on any atom is -0.349 e. The first kappa shape index (κ1) is 14.7. The third-order valence-corrected chi connectivity index (χ3v) is 3.38. The van der Waals surface area contributed by atoms with Crippen molar-refractivity contribution in [1.29, 1.82) is 0 Å². The largest absolute Gasteiger partial charge is 0.349 e. The van der Waals surface area contributed by atoms with E-state index in [1.165, 1.54) is 22.3 Å². The maximum absolute atomic E-state index is 12.0. The van der Waals surface area contributed by atoms with Crippen LogP contribution < -0.4 is 5.32 Å². The van der Waals surface area contributed by atoms with E-state index in [0.717, 1.165) is 0 Å². The second-order valence-electron chi connectivity index (χ2n) is 6.24. The molecule has 1 unspecified atom stereocenters. The van der Waals surface area contributed by atoms with Gasteiger partial charge >= 0.3 is 0 Å². The highest BCUT2D eigenvalue weighted by Gasteiger charge is 2.23. The number of rotatable bonds is 2. The van der Waals surface area contributed by atoms with Crippen molar-refractivity contribution in [1.82, 2.24) is 5.32 Å². The third kappa shape index (κ3) is 3.34. The van der Waals surface area contributed by atoms with Crippen LogP contribution in [0.1, 0.15) is 56.0 Å². The zero-order valence-electron chi connectivity index (χ0n) is 12.6. The van der Waals surface area contributed by atoms with Crippen LogP contribution >= 0.6 is 0 Å². The molecule has 0 aliphatic rings. The molecule has 0 aromatic heterocycles. The average Bonchev–Trinajstić information content (AvgIpc) is 2.21. The molecule has 1 atom stereocenters. The highest BCUT2D eigenvalue weighted by atomic mass is 16.2. The zero-order chi connectivity index (χ0) is 14.1. The standard InChI is InChI=1S/C16H25NO/c1-10-8-12(3)14(9-11(10)2)13(4)17-15(18)16(5,6)7/h8-9,13H,1-7H3,(H,17,18). The molecular weight excluding hydrogens is 222 g/mol. The van der Waals surface area contributed by atoms with E-state index in [1.807, 2.05) is 27.7 Å². The van der Waals surface area contributed by atoms with Gasteiger partial charge in [-0.2, -0.15) is 0 Å². The van der Waals surface area contributed by atoms with Crippen molar-refractivity contribution in [3.8, 4) is 0 Å². The normalized spacial score (nSPS) is 13.3. The summed E-state index contributed by atoms with van der Waals surface area (Å²) in [5, 5.41) is 3.08. The van der Waals surface area contributed by atoms with Gasteiger partial charge in [0.1, 0.15) is 0 Å². The van der Waals surface area contributed by atoms with E-state index in [2.05, 4.69) is 38.2 Å². The SMILES string of the molecule is Cc1cc(C)c(C(C)NC(=O)C(C)(C)C)cc1C. The lowest BCUT2D eigenvalue weighted by molar-refractivity contribution is -0.129. The molecule has 0 saturated heterocycles. The number of carbonyl (C=O) groups is 1. The molecule has 100 valence electrons. The van der Waals surface area contributed by atoms with Crippen molar-refractivity contribution < 1.29 is 4.79 Å². The van der Waals surface area contributed by atoms with Gasteiger partial charge in [-0.05, 0) is 49.9 Å². The molecule has 0 radical (unpaired) electrons. The van der Waals surface area contributed by atoms with Crippen molar-refractivity contribution in [3.05, 3.63) is 34.4 Å². The number of benzene rings is 1. The minimum absolute atomic E-state index is 0.0519. The fourth-order valence-electron chi connectivity index (χ4n) is 1.94. The van der Waals surface area contributed by atoms with Gasteiger partial charge in [-0.1, -0.05) is 32.9 Å². The van der Waals surface area contributed by atoms with Crippen LogP contribution in [0.5, 0.6) is 0 Å². The van der Waals surface area contributed by atoms with Crippen molar-refractivity contribution in [2.45, 2.75) is 54.5 Å². The van der Waals surface area contributed by atoms with Crippen LogP contribution in [0, 0.1) is 26.2 Å². The Labute approximate surface area is 111 Å². The topological polar surface area (TPSA) is 29.1 Å². The maximum atomic E-state index is 12.0. The first-order valence-corrected chi connectivity index (χ1v) is 6.51. The van der Waals surface area contributed by atoms with Crippen LogP contribution in [0.15, 0.2) is 12.1 Å². The summed E-state index contributed by atoms with van der Waals surface area (Å²) in [5.74, 6) is 0.0904. The van der Waals surface area contributed by atoms with Crippen molar-refractivity contribution in [3.63, 3.8) is 0 Å². The highest BCUT2D eigenvalue weighted by molar-refractivity contribution is 5.81. The maximum Gasteiger partial charge on any atom is 0.225 e. The first-order valence-electron chi connectivity index (χ1n) is 6.51. The zero-order valence-corrected chi connectivity index (χ0v) is 12.6. The van der Waals surface area contributed by atoms with E-state index >= 15 is 0 Å². The van der Waals surface area contributed by atoms with Gasteiger partial charge in [0, 0.05) is 5.41 Å². The Morgan fingerprint density at radius 2 is 1.56 bits per heavy atom. The lowest BCUT2D eigenvalue weighted by Gasteiger charge is -2.23. The number of nitrogens with one attached hydrogen (secondary N) is 1. The summed E-state index contributed by atoms with van der Waals surface area (Å²) in [5.41, 5.74) is 4.66. The fourth-order valence-corrected chi connectivity index (χ4v) is 1.94. The lowest BCUT2D eigenvalue weighted by atomic mass is 9.93. The van der Waals surface area contributed by atoms with E-state index in [4.69, 9.17) is 0 Å². The van der Waals surface area contributed by atoms with Crippen LogP contribution in [-0.4, -0.2) is 5.91 Å². The fraction of sp³-hybridized carbons (Fsp3) is 0.562. The molecule has 1 aromatic rings. The Morgan fingerprint density at radius 3 is 2.06 bits per heavy atom. The minimum atomic E-state index is -0.345. The summed E-state index contributed by atoms with van der Waals surface area (Å²) in [6, 6.07) is 4.42. The van der Waals surface area contributed by atoms with E-state index < -0.39 is 0 Å². The molecule has 0 heterocycles. The van der Waals surface area contributed by atoms with Gasteiger partial charge in [0.25, 0.3) is 0 Å². The van der Waals surface area contributed by atoms with Gasteiger partial charge < -0.3 is 5.32 Å². The molecule has 0 bridgehead atoms. The van der Waals surface area contributed by atoms with E-state index in [1.54, 1.807) is 0 Å². The predicted octanol–water partition coefficient (Wildman–Crippen LogP) is 3.84. The van der Waals surface area contributed by atoms with E-state index in [9.17, 15) is 4.79 Å². The van der Waals surface area contributed by atoms with E-state index in [0.29, 0.717) is 0 Å². The summed E-state index contributed by atoms with van der Waals surface area (Å²) in [6.45, 7) is 14.2. The Balaban J connectivity index is 2.95. The predicted molar refractivity (Wildman–Crippen MR) is 76.7 cm³/mol. The number of aryl methyl sites for hydroxylation is 3. The second-order valence-corrected chi connectivity index (χ2v) is 6.24. The molecule has 0 saturated carbocycles. The summed E-state index contributed by atoms with van der Waals surface area (Å²) >= 11 is 0. The Hall–Kier alpha value is -1.31. The summed E-state index contributed by atoms with van der Waals surface area (Å²) in [7, 11) is 0.